The van der Waals surface area contributed by atoms with Crippen molar-refractivity contribution in [2.75, 3.05) is 0 Å². The number of halogens is 2. The molecular formula is C12H10F2N2O2. The number of rotatable bonds is 3. The summed E-state index contributed by atoms with van der Waals surface area (Å²) in [5.41, 5.74) is 0.426. The van der Waals surface area contributed by atoms with E-state index in [9.17, 15) is 13.6 Å². The molecule has 94 valence electrons. The third-order valence-electron chi connectivity index (χ3n) is 2.60. The van der Waals surface area contributed by atoms with Gasteiger partial charge in [-0.05, 0) is 24.1 Å². The quantitative estimate of drug-likeness (QED) is 0.882. The van der Waals surface area contributed by atoms with Crippen LogP contribution >= 0.6 is 0 Å². The second-order valence-corrected chi connectivity index (χ2v) is 3.75. The van der Waals surface area contributed by atoms with Gasteiger partial charge in [0.2, 0.25) is 0 Å². The monoisotopic (exact) mass is 252 g/mol. The van der Waals surface area contributed by atoms with Crippen LogP contribution in [0.5, 0.6) is 0 Å². The normalized spacial score (nSPS) is 10.6. The van der Waals surface area contributed by atoms with Crippen LogP contribution in [0.4, 0.5) is 8.78 Å². The number of benzene rings is 1. The van der Waals surface area contributed by atoms with Crippen LogP contribution in [0.15, 0.2) is 18.2 Å². The maximum atomic E-state index is 13.6. The number of carbonyl (C=O) groups is 1. The zero-order valence-corrected chi connectivity index (χ0v) is 9.50. The van der Waals surface area contributed by atoms with Crippen molar-refractivity contribution in [2.24, 2.45) is 0 Å². The number of aromatic nitrogens is 2. The number of carboxylic acid groups (broad SMARTS) is 1. The van der Waals surface area contributed by atoms with Crippen molar-refractivity contribution in [1.29, 1.82) is 0 Å². The molecule has 0 spiro atoms. The molecule has 0 fully saturated rings. The predicted molar refractivity (Wildman–Crippen MR) is 60.3 cm³/mol. The van der Waals surface area contributed by atoms with Gasteiger partial charge in [-0.2, -0.15) is 5.10 Å². The molecule has 0 amide bonds. The van der Waals surface area contributed by atoms with Crippen LogP contribution in [0.1, 0.15) is 23.0 Å². The summed E-state index contributed by atoms with van der Waals surface area (Å²) < 4.78 is 26.9. The van der Waals surface area contributed by atoms with Gasteiger partial charge in [-0.25, -0.2) is 13.6 Å². The van der Waals surface area contributed by atoms with E-state index in [-0.39, 0.29) is 17.0 Å². The highest BCUT2D eigenvalue weighted by Crippen LogP contribution is 2.25. The van der Waals surface area contributed by atoms with Crippen molar-refractivity contribution >= 4 is 5.97 Å². The highest BCUT2D eigenvalue weighted by Gasteiger charge is 2.15. The van der Waals surface area contributed by atoms with Crippen LogP contribution in [-0.4, -0.2) is 21.3 Å². The molecule has 4 nitrogen and oxygen atoms in total. The SMILES string of the molecule is CCc1cc(-c2cc(C(=O)O)[nH]n2)c(F)cc1F. The van der Waals surface area contributed by atoms with Gasteiger partial charge in [0.05, 0.1) is 5.69 Å². The summed E-state index contributed by atoms with van der Waals surface area (Å²) in [5, 5.41) is 14.7. The van der Waals surface area contributed by atoms with Crippen LogP contribution in [0, 0.1) is 11.6 Å². The molecule has 0 saturated heterocycles. The van der Waals surface area contributed by atoms with E-state index in [0.29, 0.717) is 12.0 Å². The number of aromatic amines is 1. The Hall–Kier alpha value is -2.24. The van der Waals surface area contributed by atoms with E-state index in [1.54, 1.807) is 6.92 Å². The molecule has 0 saturated carbocycles. The van der Waals surface area contributed by atoms with Crippen LogP contribution in [0.25, 0.3) is 11.3 Å². The first-order valence-corrected chi connectivity index (χ1v) is 5.30. The molecular weight excluding hydrogens is 242 g/mol. The molecule has 18 heavy (non-hydrogen) atoms. The predicted octanol–water partition coefficient (Wildman–Crippen LogP) is 2.62. The standard InChI is InChI=1S/C12H10F2N2O2/c1-2-6-3-7(9(14)4-8(6)13)10-5-11(12(17)18)16-15-10/h3-5H,2H2,1H3,(H,15,16)(H,17,18). The molecule has 6 heteroatoms. The second kappa shape index (κ2) is 4.56. The van der Waals surface area contributed by atoms with Gasteiger partial charge in [0.15, 0.2) is 0 Å². The van der Waals surface area contributed by atoms with E-state index in [1.807, 2.05) is 0 Å². The Kier molecular flexibility index (Phi) is 3.10. The largest absolute Gasteiger partial charge is 0.477 e. The third-order valence-corrected chi connectivity index (χ3v) is 2.60. The molecule has 0 unspecified atom stereocenters. The Morgan fingerprint density at radius 2 is 2.06 bits per heavy atom. The zero-order chi connectivity index (χ0) is 13.3. The maximum Gasteiger partial charge on any atom is 0.353 e. The number of aromatic carboxylic acids is 1. The molecule has 2 rings (SSSR count). The molecule has 2 N–H and O–H groups in total. The van der Waals surface area contributed by atoms with Crippen molar-refractivity contribution in [3.8, 4) is 11.3 Å². The number of nitrogens with zero attached hydrogens (tertiary/aromatic N) is 1. The maximum absolute atomic E-state index is 13.6. The first-order chi connectivity index (χ1) is 8.52. The third kappa shape index (κ3) is 2.09. The molecule has 0 aliphatic rings. The van der Waals surface area contributed by atoms with Crippen LogP contribution in [0.2, 0.25) is 0 Å². The Morgan fingerprint density at radius 1 is 1.33 bits per heavy atom. The number of aryl methyl sites for hydroxylation is 1. The van der Waals surface area contributed by atoms with Gasteiger partial charge < -0.3 is 5.11 Å². The van der Waals surface area contributed by atoms with Crippen molar-refractivity contribution in [1.82, 2.24) is 10.2 Å². The topological polar surface area (TPSA) is 66.0 Å². The van der Waals surface area contributed by atoms with Crippen LogP contribution in [-0.2, 0) is 6.42 Å². The summed E-state index contributed by atoms with van der Waals surface area (Å²) >= 11 is 0. The minimum absolute atomic E-state index is 0.0806. The fourth-order valence-electron chi connectivity index (χ4n) is 1.63. The number of hydrogen-bond donors (Lipinski definition) is 2. The van der Waals surface area contributed by atoms with Gasteiger partial charge >= 0.3 is 5.97 Å². The fourth-order valence-corrected chi connectivity index (χ4v) is 1.63. The highest BCUT2D eigenvalue weighted by atomic mass is 19.1. The molecule has 0 radical (unpaired) electrons. The van der Waals surface area contributed by atoms with Gasteiger partial charge in [-0.1, -0.05) is 6.92 Å². The average molecular weight is 252 g/mol. The van der Waals surface area contributed by atoms with E-state index >= 15 is 0 Å². The molecule has 0 aliphatic carbocycles. The molecule has 1 aromatic heterocycles. The lowest BCUT2D eigenvalue weighted by Crippen LogP contribution is -1.95. The van der Waals surface area contributed by atoms with Crippen molar-refractivity contribution in [3.63, 3.8) is 0 Å². The average Bonchev–Trinajstić information content (AvgIpc) is 2.78. The van der Waals surface area contributed by atoms with E-state index in [2.05, 4.69) is 10.2 Å². The van der Waals surface area contributed by atoms with Crippen molar-refractivity contribution in [3.05, 3.63) is 41.1 Å². The Bertz CT molecular complexity index is 608. The molecule has 0 bridgehead atoms. The first-order valence-electron chi connectivity index (χ1n) is 5.30. The van der Waals surface area contributed by atoms with Gasteiger partial charge in [0.1, 0.15) is 17.3 Å². The summed E-state index contributed by atoms with van der Waals surface area (Å²) in [6, 6.07) is 3.33. The lowest BCUT2D eigenvalue weighted by Gasteiger charge is -2.04. The minimum Gasteiger partial charge on any atom is -0.477 e. The van der Waals surface area contributed by atoms with Gasteiger partial charge in [-0.3, -0.25) is 5.10 Å². The van der Waals surface area contributed by atoms with Crippen LogP contribution < -0.4 is 0 Å². The molecule has 1 aromatic carbocycles. The van der Waals surface area contributed by atoms with Gasteiger partial charge in [0, 0.05) is 11.6 Å². The molecule has 1 heterocycles. The van der Waals surface area contributed by atoms with Crippen molar-refractivity contribution in [2.45, 2.75) is 13.3 Å². The summed E-state index contributed by atoms with van der Waals surface area (Å²) in [6.45, 7) is 1.74. The minimum atomic E-state index is -1.19. The summed E-state index contributed by atoms with van der Waals surface area (Å²) in [5.74, 6) is -2.58. The zero-order valence-electron chi connectivity index (χ0n) is 9.50. The van der Waals surface area contributed by atoms with Crippen molar-refractivity contribution < 1.29 is 18.7 Å². The number of nitrogens with one attached hydrogen (secondary N) is 1. The summed E-state index contributed by atoms with van der Waals surface area (Å²) in [6.07, 6.45) is 0.412. The Morgan fingerprint density at radius 3 is 2.61 bits per heavy atom. The van der Waals surface area contributed by atoms with Crippen LogP contribution in [0.3, 0.4) is 0 Å². The summed E-state index contributed by atoms with van der Waals surface area (Å²) in [4.78, 5) is 10.7. The van der Waals surface area contributed by atoms with E-state index in [4.69, 9.17) is 5.11 Å². The number of hydrogen-bond acceptors (Lipinski definition) is 2. The molecule has 0 aliphatic heterocycles. The van der Waals surface area contributed by atoms with E-state index < -0.39 is 17.6 Å². The summed E-state index contributed by atoms with van der Waals surface area (Å²) in [7, 11) is 0. The van der Waals surface area contributed by atoms with E-state index in [0.717, 1.165) is 6.07 Å². The highest BCUT2D eigenvalue weighted by molar-refractivity contribution is 5.86. The van der Waals surface area contributed by atoms with Gasteiger partial charge in [-0.15, -0.1) is 0 Å². The smallest absolute Gasteiger partial charge is 0.353 e. The fraction of sp³-hybridized carbons (Fsp3) is 0.167. The Balaban J connectivity index is 2.52. The van der Waals surface area contributed by atoms with Gasteiger partial charge in [0.25, 0.3) is 0 Å². The molecule has 2 aromatic rings. The van der Waals surface area contributed by atoms with E-state index in [1.165, 1.54) is 12.1 Å². The first kappa shape index (κ1) is 12.2. The number of carboxylic acids is 1. The lowest BCUT2D eigenvalue weighted by molar-refractivity contribution is 0.0690. The lowest BCUT2D eigenvalue weighted by atomic mass is 10.0. The second-order valence-electron chi connectivity index (χ2n) is 3.75. The number of H-pyrrole nitrogens is 1. The Labute approximate surface area is 101 Å². The molecule has 0 atom stereocenters.